The number of benzene rings is 3. The van der Waals surface area contributed by atoms with E-state index >= 15 is 0 Å². The first-order valence-electron chi connectivity index (χ1n) is 11.6. The van der Waals surface area contributed by atoms with E-state index in [0.717, 1.165) is 38.9 Å². The van der Waals surface area contributed by atoms with E-state index in [0.29, 0.717) is 17.7 Å². The van der Waals surface area contributed by atoms with Gasteiger partial charge in [-0.1, -0.05) is 59.8 Å². The number of hydrogen-bond donors (Lipinski definition) is 2. The van der Waals surface area contributed by atoms with Crippen LogP contribution in [0.5, 0.6) is 5.75 Å². The topological polar surface area (TPSA) is 93.0 Å². The number of aromatic nitrogens is 3. The Morgan fingerprint density at radius 3 is 2.61 bits per heavy atom. The Kier molecular flexibility index (Phi) is 7.04. The third kappa shape index (κ3) is 5.28. The predicted molar refractivity (Wildman–Crippen MR) is 141 cm³/mol. The van der Waals surface area contributed by atoms with Crippen LogP contribution in [-0.4, -0.2) is 40.5 Å². The second kappa shape index (κ2) is 10.7. The molecule has 0 bridgehead atoms. The molecule has 1 unspecified atom stereocenters. The predicted octanol–water partition coefficient (Wildman–Crippen LogP) is 5.58. The Morgan fingerprint density at radius 2 is 1.83 bits per heavy atom. The van der Waals surface area contributed by atoms with E-state index < -0.39 is 0 Å². The van der Waals surface area contributed by atoms with E-state index in [1.807, 2.05) is 79.9 Å². The highest BCUT2D eigenvalue weighted by atomic mass is 32.2. The number of para-hydroxylation sites is 1. The average molecular weight is 499 g/mol. The molecule has 0 aliphatic heterocycles. The summed E-state index contributed by atoms with van der Waals surface area (Å²) in [5.74, 6) is 1.28. The number of carbonyl (C=O) groups is 1. The quantitative estimate of drug-likeness (QED) is 0.258. The van der Waals surface area contributed by atoms with E-state index in [-0.39, 0.29) is 17.6 Å². The van der Waals surface area contributed by atoms with Gasteiger partial charge in [-0.15, -0.1) is 10.2 Å². The smallest absolute Gasteiger partial charge is 0.277 e. The van der Waals surface area contributed by atoms with E-state index in [4.69, 9.17) is 9.15 Å². The van der Waals surface area contributed by atoms with Crippen molar-refractivity contribution in [2.24, 2.45) is 0 Å². The van der Waals surface area contributed by atoms with Crippen molar-refractivity contribution in [2.45, 2.75) is 18.1 Å². The molecule has 5 aromatic rings. The molecule has 0 saturated carbocycles. The van der Waals surface area contributed by atoms with Crippen molar-refractivity contribution in [3.63, 3.8) is 0 Å². The molecule has 1 amide bonds. The molecule has 2 aromatic heterocycles. The second-order valence-corrected chi connectivity index (χ2v) is 9.37. The molecule has 0 fully saturated rings. The SMILES string of the molecule is COc1ccc(C(CNC(=O)CSc2nnc(-c3ccc(C)cc3)o2)c2c[nH]c3ccccc23)cc1. The lowest BCUT2D eigenvalue weighted by molar-refractivity contribution is -0.118. The molecule has 2 heterocycles. The van der Waals surface area contributed by atoms with Gasteiger partial charge in [-0.3, -0.25) is 4.79 Å². The maximum atomic E-state index is 12.8. The minimum Gasteiger partial charge on any atom is -0.497 e. The van der Waals surface area contributed by atoms with Crippen LogP contribution >= 0.6 is 11.8 Å². The van der Waals surface area contributed by atoms with Crippen LogP contribution in [0.15, 0.2) is 88.6 Å². The number of H-pyrrole nitrogens is 1. The van der Waals surface area contributed by atoms with Gasteiger partial charge in [0, 0.05) is 35.1 Å². The molecule has 182 valence electrons. The number of thioether (sulfide) groups is 1. The second-order valence-electron chi connectivity index (χ2n) is 8.45. The molecule has 0 radical (unpaired) electrons. The molecule has 7 nitrogen and oxygen atoms in total. The summed E-state index contributed by atoms with van der Waals surface area (Å²) in [5, 5.41) is 12.8. The summed E-state index contributed by atoms with van der Waals surface area (Å²) in [6.07, 6.45) is 2.02. The average Bonchev–Trinajstić information content (AvgIpc) is 3.56. The van der Waals surface area contributed by atoms with Crippen molar-refractivity contribution < 1.29 is 13.9 Å². The fourth-order valence-electron chi connectivity index (χ4n) is 4.10. The van der Waals surface area contributed by atoms with E-state index in [1.54, 1.807) is 7.11 Å². The molecular weight excluding hydrogens is 472 g/mol. The third-order valence-corrected chi connectivity index (χ3v) is 6.87. The van der Waals surface area contributed by atoms with E-state index in [1.165, 1.54) is 11.8 Å². The summed E-state index contributed by atoms with van der Waals surface area (Å²) in [6.45, 7) is 2.47. The van der Waals surface area contributed by atoms with Gasteiger partial charge in [-0.05, 0) is 48.4 Å². The fraction of sp³-hybridized carbons (Fsp3) is 0.179. The van der Waals surface area contributed by atoms with Crippen molar-refractivity contribution in [2.75, 3.05) is 19.4 Å². The number of carbonyl (C=O) groups excluding carboxylic acids is 1. The van der Waals surface area contributed by atoms with Gasteiger partial charge in [0.05, 0.1) is 12.9 Å². The van der Waals surface area contributed by atoms with Crippen LogP contribution in [0.3, 0.4) is 0 Å². The maximum Gasteiger partial charge on any atom is 0.277 e. The Hall–Kier alpha value is -4.04. The van der Waals surface area contributed by atoms with E-state index in [2.05, 4.69) is 26.6 Å². The van der Waals surface area contributed by atoms with Crippen LogP contribution in [-0.2, 0) is 4.79 Å². The van der Waals surface area contributed by atoms with Crippen molar-refractivity contribution in [3.05, 3.63) is 95.7 Å². The summed E-state index contributed by atoms with van der Waals surface area (Å²) < 4.78 is 11.0. The summed E-state index contributed by atoms with van der Waals surface area (Å²) in [6, 6.07) is 24.0. The number of aryl methyl sites for hydroxylation is 1. The van der Waals surface area contributed by atoms with Crippen LogP contribution in [0.2, 0.25) is 0 Å². The Morgan fingerprint density at radius 1 is 1.06 bits per heavy atom. The van der Waals surface area contributed by atoms with Gasteiger partial charge in [0.2, 0.25) is 11.8 Å². The van der Waals surface area contributed by atoms with Crippen LogP contribution < -0.4 is 10.1 Å². The first-order chi connectivity index (χ1) is 17.6. The summed E-state index contributed by atoms with van der Waals surface area (Å²) in [7, 11) is 1.65. The van der Waals surface area contributed by atoms with Crippen LogP contribution in [0.4, 0.5) is 0 Å². The molecule has 8 heteroatoms. The highest BCUT2D eigenvalue weighted by molar-refractivity contribution is 7.99. The maximum absolute atomic E-state index is 12.8. The monoisotopic (exact) mass is 498 g/mol. The summed E-state index contributed by atoms with van der Waals surface area (Å²) >= 11 is 1.22. The Bertz CT molecular complexity index is 1460. The zero-order valence-corrected chi connectivity index (χ0v) is 20.8. The number of methoxy groups -OCH3 is 1. The molecule has 3 aromatic carbocycles. The minimum atomic E-state index is -0.103. The number of aromatic amines is 1. The zero-order chi connectivity index (χ0) is 24.9. The zero-order valence-electron chi connectivity index (χ0n) is 20.0. The molecule has 2 N–H and O–H groups in total. The van der Waals surface area contributed by atoms with Gasteiger partial charge < -0.3 is 19.5 Å². The van der Waals surface area contributed by atoms with Crippen LogP contribution in [0, 0.1) is 6.92 Å². The molecule has 0 aliphatic rings. The molecular formula is C28H26N4O3S. The van der Waals surface area contributed by atoms with E-state index in [9.17, 15) is 4.79 Å². The number of hydrogen-bond acceptors (Lipinski definition) is 6. The lowest BCUT2D eigenvalue weighted by atomic mass is 9.91. The number of nitrogens with one attached hydrogen (secondary N) is 2. The van der Waals surface area contributed by atoms with Crippen molar-refractivity contribution >= 4 is 28.6 Å². The summed E-state index contributed by atoms with van der Waals surface area (Å²) in [5.41, 5.74) is 5.29. The first kappa shape index (κ1) is 23.7. The Balaban J connectivity index is 1.26. The standard InChI is InChI=1S/C28H26N4O3S/c1-18-7-9-20(10-8-18)27-31-32-28(35-27)36-17-26(33)30-15-23(19-11-13-21(34-2)14-12-19)24-16-29-25-6-4-3-5-22(24)25/h3-14,16,23,29H,15,17H2,1-2H3,(H,30,33). The van der Waals surface area contributed by atoms with Crippen molar-refractivity contribution in [3.8, 4) is 17.2 Å². The fourth-order valence-corrected chi connectivity index (χ4v) is 4.69. The molecule has 36 heavy (non-hydrogen) atoms. The van der Waals surface area contributed by atoms with Gasteiger partial charge in [0.1, 0.15) is 5.75 Å². The number of fused-ring (bicyclic) bond motifs is 1. The van der Waals surface area contributed by atoms with Crippen LogP contribution in [0.25, 0.3) is 22.4 Å². The molecule has 5 rings (SSSR count). The van der Waals surface area contributed by atoms with Crippen molar-refractivity contribution in [1.29, 1.82) is 0 Å². The number of ether oxygens (including phenoxy) is 1. The number of nitrogens with zero attached hydrogens (tertiary/aromatic N) is 2. The highest BCUT2D eigenvalue weighted by Gasteiger charge is 2.20. The van der Waals surface area contributed by atoms with Gasteiger partial charge in [-0.2, -0.15) is 0 Å². The van der Waals surface area contributed by atoms with Gasteiger partial charge in [0.25, 0.3) is 5.22 Å². The number of rotatable bonds is 9. The Labute approximate surface area is 213 Å². The summed E-state index contributed by atoms with van der Waals surface area (Å²) in [4.78, 5) is 16.1. The molecule has 0 spiro atoms. The molecule has 0 aliphatic carbocycles. The third-order valence-electron chi connectivity index (χ3n) is 6.05. The van der Waals surface area contributed by atoms with Gasteiger partial charge in [0.15, 0.2) is 0 Å². The first-order valence-corrected chi connectivity index (χ1v) is 12.6. The lowest BCUT2D eigenvalue weighted by Crippen LogP contribution is -2.30. The lowest BCUT2D eigenvalue weighted by Gasteiger charge is -2.18. The highest BCUT2D eigenvalue weighted by Crippen LogP contribution is 2.31. The minimum absolute atomic E-state index is 0.0300. The normalized spacial score (nSPS) is 11.9. The van der Waals surface area contributed by atoms with Crippen molar-refractivity contribution in [1.82, 2.24) is 20.5 Å². The van der Waals surface area contributed by atoms with Gasteiger partial charge >= 0.3 is 0 Å². The van der Waals surface area contributed by atoms with Crippen LogP contribution in [0.1, 0.15) is 22.6 Å². The molecule has 1 atom stereocenters. The van der Waals surface area contributed by atoms with Gasteiger partial charge in [-0.25, -0.2) is 0 Å². The largest absolute Gasteiger partial charge is 0.497 e. The molecule has 0 saturated heterocycles. The number of amides is 1.